The number of halogens is 1. The maximum atomic E-state index is 11.3. The molecule has 1 heterocycles. The number of carboxylic acids is 1. The Hall–Kier alpha value is -2.28. The topological polar surface area (TPSA) is 109 Å². The lowest BCUT2D eigenvalue weighted by atomic mass is 10.3. The summed E-state index contributed by atoms with van der Waals surface area (Å²) in [6.45, 7) is 1.37. The summed E-state index contributed by atoms with van der Waals surface area (Å²) in [6, 6.07) is 2.57. The molecule has 0 aromatic carbocycles. The molecule has 0 amide bonds. The molecule has 0 aliphatic heterocycles. The minimum atomic E-state index is -1.42. The number of aliphatic carboxylic acids is 1. The van der Waals surface area contributed by atoms with Gasteiger partial charge in [0.2, 0.25) is 5.82 Å². The van der Waals surface area contributed by atoms with Crippen LogP contribution < -0.4 is 5.48 Å². The Kier molecular flexibility index (Phi) is 4.50. The van der Waals surface area contributed by atoms with E-state index in [2.05, 4.69) is 9.82 Å². The fraction of sp³-hybridized carbons (Fsp3) is 0.100. The van der Waals surface area contributed by atoms with Gasteiger partial charge >= 0.3 is 11.9 Å². The molecule has 0 unspecified atom stereocenters. The van der Waals surface area contributed by atoms with Gasteiger partial charge in [0, 0.05) is 0 Å². The van der Waals surface area contributed by atoms with Crippen molar-refractivity contribution in [2.24, 2.45) is 0 Å². The molecule has 18 heavy (non-hydrogen) atoms. The molecule has 0 atom stereocenters. The van der Waals surface area contributed by atoms with E-state index in [1.807, 2.05) is 5.48 Å². The molecule has 1 aromatic rings. The minimum absolute atomic E-state index is 0.0656. The van der Waals surface area contributed by atoms with Crippen molar-refractivity contribution in [3.8, 4) is 5.75 Å². The Bertz CT molecular complexity index is 515. The number of aromatic hydroxyl groups is 1. The number of hydrogen-bond donors (Lipinski definition) is 3. The number of carbonyl (C=O) groups excluding carboxylic acids is 1. The SMILES string of the molecule is CC=C(C(=O)O)C(=O)ONc1nc(Cl)ccc1O. The maximum Gasteiger partial charge on any atom is 0.369 e. The zero-order valence-electron chi connectivity index (χ0n) is 9.18. The molecule has 0 aliphatic rings. The molecule has 0 aliphatic carbocycles. The van der Waals surface area contributed by atoms with Crippen LogP contribution in [0.1, 0.15) is 6.92 Å². The van der Waals surface area contributed by atoms with Crippen LogP contribution in [-0.2, 0) is 14.4 Å². The minimum Gasteiger partial charge on any atom is -0.504 e. The first-order valence-corrected chi connectivity index (χ1v) is 5.05. The van der Waals surface area contributed by atoms with Crippen molar-refractivity contribution >= 4 is 29.4 Å². The van der Waals surface area contributed by atoms with Crippen LogP contribution in [0, 0.1) is 0 Å². The first-order valence-electron chi connectivity index (χ1n) is 4.68. The number of pyridine rings is 1. The molecule has 0 saturated heterocycles. The molecule has 0 saturated carbocycles. The van der Waals surface area contributed by atoms with Gasteiger partial charge < -0.3 is 15.1 Å². The molecule has 1 aromatic heterocycles. The molecule has 0 radical (unpaired) electrons. The normalized spacial score (nSPS) is 10.9. The lowest BCUT2D eigenvalue weighted by molar-refractivity contribution is -0.142. The highest BCUT2D eigenvalue weighted by Crippen LogP contribution is 2.22. The highest BCUT2D eigenvalue weighted by molar-refractivity contribution is 6.29. The second-order valence-electron chi connectivity index (χ2n) is 3.00. The molecule has 0 bridgehead atoms. The molecule has 3 N–H and O–H groups in total. The Labute approximate surface area is 107 Å². The van der Waals surface area contributed by atoms with Crippen molar-refractivity contribution in [1.29, 1.82) is 0 Å². The number of nitrogens with one attached hydrogen (secondary N) is 1. The number of aromatic nitrogens is 1. The quantitative estimate of drug-likeness (QED) is 0.249. The summed E-state index contributed by atoms with van der Waals surface area (Å²) in [5, 5.41) is 18.1. The first-order chi connectivity index (χ1) is 8.45. The Morgan fingerprint density at radius 1 is 1.50 bits per heavy atom. The first kappa shape index (κ1) is 13.8. The van der Waals surface area contributed by atoms with Gasteiger partial charge in [0.1, 0.15) is 10.7 Å². The third-order valence-corrected chi connectivity index (χ3v) is 2.03. The Morgan fingerprint density at radius 3 is 2.72 bits per heavy atom. The third kappa shape index (κ3) is 3.36. The second kappa shape index (κ2) is 5.87. The summed E-state index contributed by atoms with van der Waals surface area (Å²) in [6.07, 6.45) is 1.08. The van der Waals surface area contributed by atoms with Gasteiger partial charge in [-0.1, -0.05) is 17.7 Å². The smallest absolute Gasteiger partial charge is 0.369 e. The Morgan fingerprint density at radius 2 is 2.17 bits per heavy atom. The predicted octanol–water partition coefficient (Wildman–Crippen LogP) is 1.34. The number of rotatable bonds is 4. The lowest BCUT2D eigenvalue weighted by Gasteiger charge is -2.07. The lowest BCUT2D eigenvalue weighted by Crippen LogP contribution is -2.18. The molecule has 8 heteroatoms. The van der Waals surface area contributed by atoms with Gasteiger partial charge in [0.05, 0.1) is 0 Å². The zero-order chi connectivity index (χ0) is 13.7. The fourth-order valence-corrected chi connectivity index (χ4v) is 1.13. The maximum absolute atomic E-state index is 11.3. The summed E-state index contributed by atoms with van der Waals surface area (Å²) in [5.74, 6) is -3.04. The van der Waals surface area contributed by atoms with Gasteiger partial charge in [-0.25, -0.2) is 14.6 Å². The largest absolute Gasteiger partial charge is 0.504 e. The molecule has 1 rings (SSSR count). The predicted molar refractivity (Wildman–Crippen MR) is 62.0 cm³/mol. The van der Waals surface area contributed by atoms with Crippen molar-refractivity contribution in [2.75, 3.05) is 5.48 Å². The number of carbonyl (C=O) groups is 2. The van der Waals surface area contributed by atoms with Crippen LogP contribution in [0.4, 0.5) is 5.82 Å². The highest BCUT2D eigenvalue weighted by atomic mass is 35.5. The second-order valence-corrected chi connectivity index (χ2v) is 3.39. The third-order valence-electron chi connectivity index (χ3n) is 1.82. The van der Waals surface area contributed by atoms with Crippen LogP contribution in [-0.4, -0.2) is 27.1 Å². The summed E-state index contributed by atoms with van der Waals surface area (Å²) in [5.41, 5.74) is 1.47. The van der Waals surface area contributed by atoms with Crippen molar-refractivity contribution in [2.45, 2.75) is 6.92 Å². The molecular weight excluding hydrogens is 264 g/mol. The molecular formula is C10H9ClN2O5. The van der Waals surface area contributed by atoms with E-state index in [1.165, 1.54) is 19.1 Å². The molecule has 7 nitrogen and oxygen atoms in total. The fourth-order valence-electron chi connectivity index (χ4n) is 0.981. The van der Waals surface area contributed by atoms with Crippen molar-refractivity contribution in [3.05, 3.63) is 28.9 Å². The van der Waals surface area contributed by atoms with Gasteiger partial charge in [-0.2, -0.15) is 5.48 Å². The van der Waals surface area contributed by atoms with E-state index in [-0.39, 0.29) is 16.7 Å². The van der Waals surface area contributed by atoms with Gasteiger partial charge in [-0.3, -0.25) is 0 Å². The van der Waals surface area contributed by atoms with E-state index in [1.54, 1.807) is 0 Å². The molecule has 0 spiro atoms. The van der Waals surface area contributed by atoms with Crippen LogP contribution in [0.15, 0.2) is 23.8 Å². The summed E-state index contributed by atoms with van der Waals surface area (Å²) < 4.78 is 0. The van der Waals surface area contributed by atoms with Gasteiger partial charge in [-0.05, 0) is 19.1 Å². The van der Waals surface area contributed by atoms with E-state index < -0.39 is 17.5 Å². The highest BCUT2D eigenvalue weighted by Gasteiger charge is 2.18. The van der Waals surface area contributed by atoms with Crippen LogP contribution in [0.25, 0.3) is 0 Å². The summed E-state index contributed by atoms with van der Waals surface area (Å²) >= 11 is 5.56. The summed E-state index contributed by atoms with van der Waals surface area (Å²) in [7, 11) is 0. The number of hydrogen-bond acceptors (Lipinski definition) is 6. The van der Waals surface area contributed by atoms with Crippen LogP contribution in [0.2, 0.25) is 5.15 Å². The van der Waals surface area contributed by atoms with Crippen molar-refractivity contribution < 1.29 is 24.6 Å². The number of carboxylic acid groups (broad SMARTS) is 1. The van der Waals surface area contributed by atoms with E-state index >= 15 is 0 Å². The van der Waals surface area contributed by atoms with E-state index in [0.29, 0.717) is 0 Å². The zero-order valence-corrected chi connectivity index (χ0v) is 9.93. The molecule has 0 fully saturated rings. The van der Waals surface area contributed by atoms with Gasteiger partial charge in [0.15, 0.2) is 5.75 Å². The van der Waals surface area contributed by atoms with Crippen LogP contribution in [0.5, 0.6) is 5.75 Å². The van der Waals surface area contributed by atoms with Crippen molar-refractivity contribution in [3.63, 3.8) is 0 Å². The van der Waals surface area contributed by atoms with Crippen molar-refractivity contribution in [1.82, 2.24) is 4.98 Å². The monoisotopic (exact) mass is 272 g/mol. The average molecular weight is 273 g/mol. The van der Waals surface area contributed by atoms with E-state index in [0.717, 1.165) is 6.08 Å². The number of nitrogens with zero attached hydrogens (tertiary/aromatic N) is 1. The summed E-state index contributed by atoms with van der Waals surface area (Å²) in [4.78, 5) is 30.0. The van der Waals surface area contributed by atoms with Crippen LogP contribution in [0.3, 0.4) is 0 Å². The molecule has 96 valence electrons. The Balaban J connectivity index is 2.74. The number of anilines is 1. The number of allylic oxidation sites excluding steroid dienone is 1. The van der Waals surface area contributed by atoms with Crippen LogP contribution >= 0.6 is 11.6 Å². The van der Waals surface area contributed by atoms with Gasteiger partial charge in [-0.15, -0.1) is 0 Å². The van der Waals surface area contributed by atoms with Gasteiger partial charge in [0.25, 0.3) is 0 Å². The van der Waals surface area contributed by atoms with E-state index in [4.69, 9.17) is 16.7 Å². The average Bonchev–Trinajstić information content (AvgIpc) is 2.30. The standard InChI is InChI=1S/C10H9ClN2O5/c1-2-5(9(15)16)10(17)18-13-8-6(14)3-4-7(11)12-8/h2-4,14H,1H3,(H,12,13)(H,15,16). The van der Waals surface area contributed by atoms with E-state index in [9.17, 15) is 14.7 Å².